The molecule has 0 spiro atoms. The fraction of sp³-hybridized carbons (Fsp3) is 0.706. The molecule has 3 heteroatoms. The van der Waals surface area contributed by atoms with Crippen molar-refractivity contribution in [3.05, 3.63) is 23.4 Å². The SMILES string of the molecule is CN(CC1CCCC1)c1cc(CCl)cc(C(C)(C)C)n1. The highest BCUT2D eigenvalue weighted by Crippen LogP contribution is 2.28. The normalized spacial score (nSPS) is 16.6. The molecular weight excluding hydrogens is 268 g/mol. The number of anilines is 1. The van der Waals surface area contributed by atoms with Crippen LogP contribution in [0.25, 0.3) is 0 Å². The zero-order valence-corrected chi connectivity index (χ0v) is 14.0. The molecule has 0 aliphatic heterocycles. The second kappa shape index (κ2) is 6.34. The zero-order valence-electron chi connectivity index (χ0n) is 13.2. The highest BCUT2D eigenvalue weighted by atomic mass is 35.5. The van der Waals surface area contributed by atoms with Crippen molar-refractivity contribution in [2.24, 2.45) is 5.92 Å². The van der Waals surface area contributed by atoms with E-state index >= 15 is 0 Å². The summed E-state index contributed by atoms with van der Waals surface area (Å²) in [4.78, 5) is 7.17. The predicted molar refractivity (Wildman–Crippen MR) is 87.7 cm³/mol. The van der Waals surface area contributed by atoms with Gasteiger partial charge in [-0.15, -0.1) is 11.6 Å². The molecule has 0 saturated heterocycles. The zero-order chi connectivity index (χ0) is 14.8. The van der Waals surface area contributed by atoms with Gasteiger partial charge < -0.3 is 4.90 Å². The van der Waals surface area contributed by atoms with Crippen LogP contribution in [-0.4, -0.2) is 18.6 Å². The minimum atomic E-state index is 0.0605. The minimum Gasteiger partial charge on any atom is -0.359 e. The number of hydrogen-bond donors (Lipinski definition) is 0. The van der Waals surface area contributed by atoms with Crippen LogP contribution in [0.15, 0.2) is 12.1 Å². The molecule has 1 aromatic rings. The largest absolute Gasteiger partial charge is 0.359 e. The topological polar surface area (TPSA) is 16.1 Å². The maximum atomic E-state index is 6.05. The van der Waals surface area contributed by atoms with Crippen LogP contribution in [-0.2, 0) is 11.3 Å². The first kappa shape index (κ1) is 15.6. The van der Waals surface area contributed by atoms with Crippen molar-refractivity contribution in [3.8, 4) is 0 Å². The molecule has 2 rings (SSSR count). The molecule has 0 unspecified atom stereocenters. The van der Waals surface area contributed by atoms with Gasteiger partial charge in [-0.25, -0.2) is 4.98 Å². The first-order chi connectivity index (χ1) is 9.40. The lowest BCUT2D eigenvalue weighted by Crippen LogP contribution is -2.26. The summed E-state index contributed by atoms with van der Waals surface area (Å²) in [6.07, 6.45) is 5.51. The Bertz CT molecular complexity index is 445. The molecule has 2 nitrogen and oxygen atoms in total. The van der Waals surface area contributed by atoms with Gasteiger partial charge in [-0.05, 0) is 36.5 Å². The molecule has 1 aliphatic carbocycles. The lowest BCUT2D eigenvalue weighted by molar-refractivity contribution is 0.539. The summed E-state index contributed by atoms with van der Waals surface area (Å²) in [7, 11) is 2.16. The molecule has 0 amide bonds. The number of pyridine rings is 1. The molecule has 0 aromatic carbocycles. The number of alkyl halides is 1. The summed E-state index contributed by atoms with van der Waals surface area (Å²) in [5.74, 6) is 2.45. The van der Waals surface area contributed by atoms with E-state index in [9.17, 15) is 0 Å². The van der Waals surface area contributed by atoms with E-state index in [1.165, 1.54) is 31.2 Å². The van der Waals surface area contributed by atoms with Crippen LogP contribution in [0.1, 0.15) is 57.7 Å². The van der Waals surface area contributed by atoms with Crippen LogP contribution in [0.5, 0.6) is 0 Å². The number of aromatic nitrogens is 1. The molecule has 0 N–H and O–H groups in total. The summed E-state index contributed by atoms with van der Waals surface area (Å²) in [5.41, 5.74) is 2.36. The Hall–Kier alpha value is -0.760. The van der Waals surface area contributed by atoms with E-state index in [1.54, 1.807) is 0 Å². The Kier molecular flexibility index (Phi) is 4.95. The smallest absolute Gasteiger partial charge is 0.128 e. The third-order valence-corrected chi connectivity index (χ3v) is 4.50. The average Bonchev–Trinajstić information content (AvgIpc) is 2.90. The maximum absolute atomic E-state index is 6.05. The van der Waals surface area contributed by atoms with E-state index in [2.05, 4.69) is 44.9 Å². The van der Waals surface area contributed by atoms with Gasteiger partial charge in [0.1, 0.15) is 5.82 Å². The average molecular weight is 295 g/mol. The Morgan fingerprint density at radius 2 is 1.90 bits per heavy atom. The third kappa shape index (κ3) is 3.88. The lowest BCUT2D eigenvalue weighted by Gasteiger charge is -2.26. The van der Waals surface area contributed by atoms with Gasteiger partial charge in [-0.1, -0.05) is 33.6 Å². The summed E-state index contributed by atoms with van der Waals surface area (Å²) in [6.45, 7) is 7.72. The molecule has 1 aliphatic rings. The molecule has 0 radical (unpaired) electrons. The summed E-state index contributed by atoms with van der Waals surface area (Å²) in [5, 5.41) is 0. The van der Waals surface area contributed by atoms with Crippen molar-refractivity contribution in [2.45, 2.75) is 57.7 Å². The lowest BCUT2D eigenvalue weighted by atomic mass is 9.91. The quantitative estimate of drug-likeness (QED) is 0.745. The molecule has 1 heterocycles. The number of halogens is 1. The molecule has 20 heavy (non-hydrogen) atoms. The Balaban J connectivity index is 2.20. The van der Waals surface area contributed by atoms with Crippen molar-refractivity contribution in [1.82, 2.24) is 4.98 Å². The van der Waals surface area contributed by atoms with Crippen LogP contribution < -0.4 is 4.90 Å². The Morgan fingerprint density at radius 3 is 2.45 bits per heavy atom. The van der Waals surface area contributed by atoms with Crippen LogP contribution in [0.2, 0.25) is 0 Å². The van der Waals surface area contributed by atoms with E-state index in [4.69, 9.17) is 16.6 Å². The van der Waals surface area contributed by atoms with Gasteiger partial charge in [0.15, 0.2) is 0 Å². The molecule has 0 atom stereocenters. The first-order valence-corrected chi connectivity index (χ1v) is 8.22. The van der Waals surface area contributed by atoms with Crippen LogP contribution >= 0.6 is 11.6 Å². The summed E-state index contributed by atoms with van der Waals surface area (Å²) < 4.78 is 0. The third-order valence-electron chi connectivity index (χ3n) is 4.19. The summed E-state index contributed by atoms with van der Waals surface area (Å²) in [6, 6.07) is 4.27. The highest BCUT2D eigenvalue weighted by molar-refractivity contribution is 6.17. The molecule has 1 saturated carbocycles. The Morgan fingerprint density at radius 1 is 1.25 bits per heavy atom. The molecule has 0 bridgehead atoms. The molecule has 1 fully saturated rings. The van der Waals surface area contributed by atoms with Gasteiger partial charge >= 0.3 is 0 Å². The number of hydrogen-bond acceptors (Lipinski definition) is 2. The van der Waals surface area contributed by atoms with Gasteiger partial charge in [0.05, 0.1) is 0 Å². The van der Waals surface area contributed by atoms with E-state index in [1.807, 2.05) is 0 Å². The number of rotatable bonds is 4. The van der Waals surface area contributed by atoms with Crippen LogP contribution in [0.4, 0.5) is 5.82 Å². The number of nitrogens with zero attached hydrogens (tertiary/aromatic N) is 2. The molecule has 1 aromatic heterocycles. The van der Waals surface area contributed by atoms with Gasteiger partial charge in [0, 0.05) is 30.6 Å². The minimum absolute atomic E-state index is 0.0605. The standard InChI is InChI=1S/C17H27ClN2/c1-17(2,3)15-9-14(11-18)10-16(19-15)20(4)12-13-7-5-6-8-13/h9-10,13H,5-8,11-12H2,1-4H3. The second-order valence-electron chi connectivity index (χ2n) is 7.13. The van der Waals surface area contributed by atoms with Crippen LogP contribution in [0.3, 0.4) is 0 Å². The fourth-order valence-corrected chi connectivity index (χ4v) is 3.06. The fourth-order valence-electron chi connectivity index (χ4n) is 2.90. The van der Waals surface area contributed by atoms with Crippen LogP contribution in [0, 0.1) is 5.92 Å². The van der Waals surface area contributed by atoms with E-state index < -0.39 is 0 Å². The maximum Gasteiger partial charge on any atom is 0.128 e. The predicted octanol–water partition coefficient (Wildman–Crippen LogP) is 4.74. The van der Waals surface area contributed by atoms with Gasteiger partial charge in [0.25, 0.3) is 0 Å². The first-order valence-electron chi connectivity index (χ1n) is 7.68. The summed E-state index contributed by atoms with van der Waals surface area (Å²) >= 11 is 6.05. The molecule has 112 valence electrons. The molecular formula is C17H27ClN2. The second-order valence-corrected chi connectivity index (χ2v) is 7.40. The van der Waals surface area contributed by atoms with Gasteiger partial charge in [-0.2, -0.15) is 0 Å². The van der Waals surface area contributed by atoms with Crippen molar-refractivity contribution in [3.63, 3.8) is 0 Å². The van der Waals surface area contributed by atoms with Crippen molar-refractivity contribution >= 4 is 17.4 Å². The van der Waals surface area contributed by atoms with Gasteiger partial charge in [0.2, 0.25) is 0 Å². The van der Waals surface area contributed by atoms with Crippen molar-refractivity contribution in [1.29, 1.82) is 0 Å². The van der Waals surface area contributed by atoms with E-state index in [-0.39, 0.29) is 5.41 Å². The monoisotopic (exact) mass is 294 g/mol. The Labute approximate surface area is 128 Å². The highest BCUT2D eigenvalue weighted by Gasteiger charge is 2.20. The van der Waals surface area contributed by atoms with Gasteiger partial charge in [-0.3, -0.25) is 0 Å². The van der Waals surface area contributed by atoms with E-state index in [0.717, 1.165) is 24.0 Å². The van der Waals surface area contributed by atoms with E-state index in [0.29, 0.717) is 5.88 Å². The van der Waals surface area contributed by atoms with Crippen molar-refractivity contribution < 1.29 is 0 Å². The van der Waals surface area contributed by atoms with Crippen molar-refractivity contribution in [2.75, 3.05) is 18.5 Å².